The molecule has 15 aromatic heterocycles. The molecule has 2 fully saturated rings. The summed E-state index contributed by atoms with van der Waals surface area (Å²) in [6.07, 6.45) is 37.4. The summed E-state index contributed by atoms with van der Waals surface area (Å²) in [5.41, 5.74) is 26.3. The minimum absolute atomic E-state index is 0.00116. The van der Waals surface area contributed by atoms with E-state index in [0.717, 1.165) is 180 Å². The first-order valence-corrected chi connectivity index (χ1v) is 50.5. The summed E-state index contributed by atoms with van der Waals surface area (Å²) in [6, 6.07) is 38.4. The summed E-state index contributed by atoms with van der Waals surface area (Å²) in [5, 5.41) is 47.6. The zero-order valence-corrected chi connectivity index (χ0v) is 84.5. The molecule has 36 heteroatoms. The van der Waals surface area contributed by atoms with Crippen LogP contribution in [0, 0.1) is 41.5 Å². The van der Waals surface area contributed by atoms with Gasteiger partial charge in [-0.3, -0.25) is 23.4 Å². The first kappa shape index (κ1) is 94.6. The number of aliphatic hydroxyl groups excluding tert-OH is 1. The first-order valence-electron chi connectivity index (χ1n) is 46.4. The summed E-state index contributed by atoms with van der Waals surface area (Å²) in [5.74, 6) is 4.71. The lowest BCUT2D eigenvalue weighted by molar-refractivity contribution is 0.0662. The lowest BCUT2D eigenvalue weighted by Gasteiger charge is -2.22. The molecule has 20 aromatic rings. The molecule has 17 heterocycles. The van der Waals surface area contributed by atoms with Gasteiger partial charge in [0.25, 0.3) is 0 Å². The van der Waals surface area contributed by atoms with Gasteiger partial charge in [-0.25, -0.2) is 49.8 Å². The van der Waals surface area contributed by atoms with Crippen LogP contribution in [-0.2, 0) is 45.5 Å². The van der Waals surface area contributed by atoms with Gasteiger partial charge in [-0.05, 0) is 127 Å². The molecular formula is C104H109N27O4S5. The number of aliphatic hydroxyl groups is 1. The van der Waals surface area contributed by atoms with E-state index in [2.05, 4.69) is 252 Å². The van der Waals surface area contributed by atoms with E-state index in [4.69, 9.17) is 39.1 Å². The molecule has 6 N–H and O–H groups in total. The number of para-hydroxylation sites is 2. The van der Waals surface area contributed by atoms with Crippen LogP contribution in [0.2, 0.25) is 0 Å². The fraction of sp³-hybridized carbons (Fsp3) is 0.279. The van der Waals surface area contributed by atoms with E-state index in [-0.39, 0.29) is 6.61 Å². The van der Waals surface area contributed by atoms with E-state index in [9.17, 15) is 5.11 Å². The van der Waals surface area contributed by atoms with Gasteiger partial charge in [0, 0.05) is 167 Å². The van der Waals surface area contributed by atoms with Crippen LogP contribution in [0.15, 0.2) is 202 Å². The van der Waals surface area contributed by atoms with Crippen LogP contribution in [-0.4, -0.2) is 164 Å². The molecule has 5 aromatic carbocycles. The normalized spacial score (nSPS) is 13.2. The van der Waals surface area contributed by atoms with Crippen molar-refractivity contribution in [3.63, 3.8) is 0 Å². The Balaban J connectivity index is 0.000000112. The maximum Gasteiger partial charge on any atom is 0.227 e. The second-order valence-corrected chi connectivity index (χ2v) is 41.6. The van der Waals surface area contributed by atoms with Gasteiger partial charge < -0.3 is 55.7 Å². The Bertz CT molecular complexity index is 7810. The summed E-state index contributed by atoms with van der Waals surface area (Å²) in [7, 11) is 15.7. The molecule has 1 saturated carbocycles. The Labute approximate surface area is 830 Å². The number of aromatic nitrogens is 20. The molecule has 0 spiro atoms. The van der Waals surface area contributed by atoms with Crippen LogP contribution in [0.5, 0.6) is 11.5 Å². The highest BCUT2D eigenvalue weighted by Gasteiger charge is 2.28. The molecular weight excluding hydrogens is 1850 g/mol. The average Bonchev–Trinajstić information content (AvgIpc) is 1.61. The SMILES string of the molecule is COc1cc(C)ccc1-c1c(C)sc2cnc(Nc3cnn(C4CCCCC4)c3)nc12.Cc1sc2cnc(Nc3cnn(C)c3)nc2c1-c1ccccc1CN(C)C.Cc1sc2cnc(Nc3cnn(C)c3)nc2c1-c1ccccc1CO.Cc1sc2cnc(Nc3cnn(C)c3)nc2c1-c1ccccc1N(C)C.Cc1sc2cnc(Nc3cnn(C4CCOCC4)c3)nc2c1-c1cccc2c1OCC2. The average molecular weight is 1960 g/mol. The van der Waals surface area contributed by atoms with Crippen molar-refractivity contribution >= 4 is 172 Å². The van der Waals surface area contributed by atoms with E-state index >= 15 is 0 Å². The molecule has 0 bridgehead atoms. The standard InChI is InChI=1S/C24H27N5OS.C23H23N5O2S.C20H22N6S.C19H20N6S.C18H17N5OS/c1-15-9-10-19(20(11-15)30-3)22-16(2)31-21-13-25-24(28-23(21)22)27-17-12-26-29(14-17)18-7-5-4-6-8-18;1-14-20(18-4-2-3-15-5-10-30-22(15)18)21-19(31-14)12-24-23(27-21)26-16-11-25-28(13-16)17-6-8-29-9-7-17;1-13-18(16-8-6-5-7-14(16)11-25(2)3)19-17(27-13)10-21-20(24-19)23-15-9-22-26(4)12-15;1-12-17(14-7-5-6-8-15(14)24(2)3)18-16(26-12)10-20-19(23-18)22-13-9-21-25(4)11-13;1-11-16(14-6-4-3-5-12(14)10-24)17-15(25-11)8-19-18(22-17)21-13-7-20-23(2)9-13/h9-14,18H,4-8H2,1-3H3,(H,25,27,28);2-4,11-13,17H,5-10H2,1H3,(H,24,26,27);5-10,12H,11H2,1-4H3,(H,21,23,24);5-11H,1-4H3,(H,20,22,23);3-9,24H,10H2,1-2H3,(H,19,21,22). The molecule has 3 aliphatic rings. The lowest BCUT2D eigenvalue weighted by atomic mass is 9.96. The third kappa shape index (κ3) is 21.0. The number of hydrogen-bond acceptors (Lipinski definition) is 31. The van der Waals surface area contributed by atoms with Gasteiger partial charge in [0.15, 0.2) is 0 Å². The molecule has 2 aliphatic heterocycles. The molecule has 1 saturated heterocycles. The number of hydrogen-bond donors (Lipinski definition) is 6. The molecule has 0 unspecified atom stereocenters. The highest BCUT2D eigenvalue weighted by atomic mass is 32.1. The molecule has 140 heavy (non-hydrogen) atoms. The van der Waals surface area contributed by atoms with Crippen LogP contribution < -0.4 is 41.0 Å². The number of aryl methyl sites for hydroxylation is 9. The summed E-state index contributed by atoms with van der Waals surface area (Å²) < 4.78 is 31.8. The van der Waals surface area contributed by atoms with E-state index in [1.165, 1.54) is 96.2 Å². The van der Waals surface area contributed by atoms with Gasteiger partial charge in [-0.1, -0.05) is 116 Å². The van der Waals surface area contributed by atoms with Crippen LogP contribution >= 0.6 is 56.7 Å². The molecule has 0 atom stereocenters. The lowest BCUT2D eigenvalue weighted by Crippen LogP contribution is -2.19. The van der Waals surface area contributed by atoms with Crippen molar-refractivity contribution in [2.45, 2.75) is 118 Å². The van der Waals surface area contributed by atoms with Crippen molar-refractivity contribution in [1.82, 2.24) is 104 Å². The smallest absolute Gasteiger partial charge is 0.227 e. The maximum atomic E-state index is 9.68. The zero-order valence-electron chi connectivity index (χ0n) is 80.5. The van der Waals surface area contributed by atoms with Gasteiger partial charge in [-0.2, -0.15) is 25.5 Å². The minimum atomic E-state index is -0.00116. The summed E-state index contributed by atoms with van der Waals surface area (Å²) >= 11 is 8.55. The number of fused-ring (bicyclic) bond motifs is 6. The monoisotopic (exact) mass is 1960 g/mol. The van der Waals surface area contributed by atoms with Gasteiger partial charge in [0.05, 0.1) is 174 Å². The van der Waals surface area contributed by atoms with E-state index in [1.54, 1.807) is 96.4 Å². The molecule has 31 nitrogen and oxygen atoms in total. The third-order valence-electron chi connectivity index (χ3n) is 24.6. The van der Waals surface area contributed by atoms with Gasteiger partial charge in [0.2, 0.25) is 29.7 Å². The van der Waals surface area contributed by atoms with E-state index < -0.39 is 0 Å². The van der Waals surface area contributed by atoms with Crippen LogP contribution in [0.25, 0.3) is 107 Å². The van der Waals surface area contributed by atoms with E-state index in [0.29, 0.717) is 41.8 Å². The van der Waals surface area contributed by atoms with Crippen LogP contribution in [0.1, 0.15) is 104 Å². The number of ether oxygens (including phenoxy) is 3. The number of anilines is 11. The fourth-order valence-electron chi connectivity index (χ4n) is 18.2. The number of thiophene rings is 5. The topological polar surface area (TPSA) is 333 Å². The molecule has 0 radical (unpaired) electrons. The van der Waals surface area contributed by atoms with E-state index in [1.807, 2.05) is 118 Å². The largest absolute Gasteiger partial charge is 0.496 e. The Morgan fingerprint density at radius 3 is 1.20 bits per heavy atom. The number of benzene rings is 5. The highest BCUT2D eigenvalue weighted by molar-refractivity contribution is 7.21. The maximum absolute atomic E-state index is 9.68. The molecule has 1 aliphatic carbocycles. The van der Waals surface area contributed by atoms with Crippen LogP contribution in [0.3, 0.4) is 0 Å². The Morgan fingerprint density at radius 2 is 0.779 bits per heavy atom. The van der Waals surface area contributed by atoms with Crippen molar-refractivity contribution in [2.24, 2.45) is 21.1 Å². The molecule has 23 rings (SSSR count). The third-order valence-corrected chi connectivity index (χ3v) is 29.8. The summed E-state index contributed by atoms with van der Waals surface area (Å²) in [4.78, 5) is 57.0. The number of rotatable bonds is 22. The Kier molecular flexibility index (Phi) is 28.5. The Hall–Kier alpha value is -14.4. The van der Waals surface area contributed by atoms with Crippen molar-refractivity contribution in [2.75, 3.05) is 86.6 Å². The minimum Gasteiger partial charge on any atom is -0.496 e. The van der Waals surface area contributed by atoms with Crippen LogP contribution in [0.4, 0.5) is 63.9 Å². The quantitative estimate of drug-likeness (QED) is 0.0367. The number of methoxy groups -OCH3 is 1. The zero-order chi connectivity index (χ0) is 96.8. The summed E-state index contributed by atoms with van der Waals surface area (Å²) in [6.45, 7) is 15.9. The van der Waals surface area contributed by atoms with Crippen molar-refractivity contribution in [3.05, 3.63) is 249 Å². The van der Waals surface area contributed by atoms with Crippen molar-refractivity contribution in [1.29, 1.82) is 0 Å². The first-order chi connectivity index (χ1) is 68.1. The van der Waals surface area contributed by atoms with Gasteiger partial charge in [-0.15, -0.1) is 56.7 Å². The molecule has 0 amide bonds. The predicted octanol–water partition coefficient (Wildman–Crippen LogP) is 23.4. The van der Waals surface area contributed by atoms with Gasteiger partial charge >= 0.3 is 0 Å². The Morgan fingerprint density at radius 1 is 0.400 bits per heavy atom. The van der Waals surface area contributed by atoms with Gasteiger partial charge in [0.1, 0.15) is 11.5 Å². The van der Waals surface area contributed by atoms with Crippen molar-refractivity contribution < 1.29 is 19.3 Å². The second-order valence-electron chi connectivity index (χ2n) is 35.3. The molecule has 714 valence electrons. The number of nitrogens with one attached hydrogen (secondary N) is 5. The van der Waals surface area contributed by atoms with Crippen molar-refractivity contribution in [3.8, 4) is 67.1 Å². The number of nitrogens with zero attached hydrogens (tertiary/aromatic N) is 22. The fourth-order valence-corrected chi connectivity index (χ4v) is 23.1. The predicted molar refractivity (Wildman–Crippen MR) is 568 cm³/mol. The highest BCUT2D eigenvalue weighted by Crippen LogP contribution is 2.48. The second kappa shape index (κ2) is 42.1.